The first-order valence-corrected chi connectivity index (χ1v) is 8.06. The molecular formula is C18H18N4O5. The van der Waals surface area contributed by atoms with E-state index in [4.69, 9.17) is 4.74 Å². The van der Waals surface area contributed by atoms with Crippen LogP contribution in [0.1, 0.15) is 44.6 Å². The van der Waals surface area contributed by atoms with Gasteiger partial charge in [-0.3, -0.25) is 19.9 Å². The number of pyridine rings is 1. The second-order valence-corrected chi connectivity index (χ2v) is 5.52. The van der Waals surface area contributed by atoms with Crippen molar-refractivity contribution in [1.29, 1.82) is 0 Å². The van der Waals surface area contributed by atoms with Gasteiger partial charge >= 0.3 is 5.97 Å². The maximum absolute atomic E-state index is 12.3. The first kappa shape index (κ1) is 19.7. The summed E-state index contributed by atoms with van der Waals surface area (Å²) in [7, 11) is 0. The van der Waals surface area contributed by atoms with Gasteiger partial charge in [-0.25, -0.2) is 10.2 Å². The Labute approximate surface area is 155 Å². The van der Waals surface area contributed by atoms with E-state index in [-0.39, 0.29) is 23.4 Å². The highest BCUT2D eigenvalue weighted by Gasteiger charge is 2.18. The molecule has 1 aromatic heterocycles. The molecule has 0 fully saturated rings. The molecule has 9 nitrogen and oxygen atoms in total. The van der Waals surface area contributed by atoms with E-state index in [1.54, 1.807) is 20.8 Å². The van der Waals surface area contributed by atoms with Gasteiger partial charge in [0.1, 0.15) is 0 Å². The molecule has 0 radical (unpaired) electrons. The summed E-state index contributed by atoms with van der Waals surface area (Å²) in [4.78, 5) is 38.6. The Kier molecular flexibility index (Phi) is 6.32. The molecule has 0 atom stereocenters. The van der Waals surface area contributed by atoms with Crippen LogP contribution in [0, 0.1) is 24.0 Å². The zero-order valence-corrected chi connectivity index (χ0v) is 15.1. The van der Waals surface area contributed by atoms with Gasteiger partial charge in [0.15, 0.2) is 0 Å². The number of nitrogens with zero attached hydrogens (tertiary/aromatic N) is 3. The maximum atomic E-state index is 12.3. The number of ether oxygens (including phenoxy) is 1. The first-order valence-electron chi connectivity index (χ1n) is 8.06. The topological polar surface area (TPSA) is 124 Å². The third-order valence-corrected chi connectivity index (χ3v) is 3.63. The third kappa shape index (κ3) is 4.94. The molecule has 9 heteroatoms. The molecular weight excluding hydrogens is 352 g/mol. The van der Waals surface area contributed by atoms with E-state index in [1.165, 1.54) is 36.5 Å². The van der Waals surface area contributed by atoms with Crippen molar-refractivity contribution < 1.29 is 19.2 Å². The normalized spacial score (nSPS) is 10.6. The molecule has 0 unspecified atom stereocenters. The number of aryl methyl sites for hydroxylation is 2. The number of hydrogen-bond donors (Lipinski definition) is 1. The van der Waals surface area contributed by atoms with Gasteiger partial charge in [0, 0.05) is 12.1 Å². The SMILES string of the molecule is CCOC(=O)c1cc(C(=O)NN=Cc2ccc([N+](=O)[O-])cc2)c(C)nc1C. The van der Waals surface area contributed by atoms with E-state index < -0.39 is 16.8 Å². The molecule has 0 aliphatic carbocycles. The molecule has 2 rings (SSSR count). The van der Waals surface area contributed by atoms with Crippen LogP contribution in [-0.2, 0) is 4.74 Å². The number of nitro groups is 1. The fraction of sp³-hybridized carbons (Fsp3) is 0.222. The Morgan fingerprint density at radius 2 is 1.85 bits per heavy atom. The standard InChI is InChI=1S/C18H18N4O5/c1-4-27-18(24)16-9-15(11(2)20-12(16)3)17(23)21-19-10-13-5-7-14(8-6-13)22(25)26/h5-10H,4H2,1-3H3,(H,21,23). The van der Waals surface area contributed by atoms with Crippen LogP contribution in [0.4, 0.5) is 5.69 Å². The molecule has 0 aliphatic heterocycles. The average molecular weight is 370 g/mol. The Hall–Kier alpha value is -3.62. The highest BCUT2D eigenvalue weighted by atomic mass is 16.6. The van der Waals surface area contributed by atoms with Crippen LogP contribution in [0.3, 0.4) is 0 Å². The second kappa shape index (κ2) is 8.65. The first-order chi connectivity index (χ1) is 12.8. The lowest BCUT2D eigenvalue weighted by atomic mass is 10.1. The highest BCUT2D eigenvalue weighted by Crippen LogP contribution is 2.14. The van der Waals surface area contributed by atoms with Gasteiger partial charge in [-0.05, 0) is 44.5 Å². The maximum Gasteiger partial charge on any atom is 0.339 e. The van der Waals surface area contributed by atoms with Crippen LogP contribution in [0.25, 0.3) is 0 Å². The minimum atomic E-state index is -0.550. The molecule has 0 aliphatic rings. The Morgan fingerprint density at radius 3 is 2.44 bits per heavy atom. The molecule has 0 spiro atoms. The Balaban J connectivity index is 2.14. The van der Waals surface area contributed by atoms with E-state index >= 15 is 0 Å². The van der Waals surface area contributed by atoms with Crippen molar-refractivity contribution in [1.82, 2.24) is 10.4 Å². The van der Waals surface area contributed by atoms with Crippen molar-refractivity contribution in [3.63, 3.8) is 0 Å². The molecule has 0 saturated carbocycles. The molecule has 1 amide bonds. The number of esters is 1. The average Bonchev–Trinajstić information content (AvgIpc) is 2.62. The lowest BCUT2D eigenvalue weighted by Gasteiger charge is -2.09. The van der Waals surface area contributed by atoms with Crippen LogP contribution in [0.15, 0.2) is 35.4 Å². The minimum absolute atomic E-state index is 0.0379. The van der Waals surface area contributed by atoms with Crippen molar-refractivity contribution in [2.75, 3.05) is 6.61 Å². The fourth-order valence-corrected chi connectivity index (χ4v) is 2.28. The van der Waals surface area contributed by atoms with Crippen LogP contribution < -0.4 is 5.43 Å². The predicted octanol–water partition coefficient (Wildman–Crippen LogP) is 2.55. The number of hydrazone groups is 1. The molecule has 1 aromatic carbocycles. The summed E-state index contributed by atoms with van der Waals surface area (Å²) in [6.07, 6.45) is 1.35. The second-order valence-electron chi connectivity index (χ2n) is 5.52. The number of carbonyl (C=O) groups is 2. The van der Waals surface area contributed by atoms with Crippen molar-refractivity contribution in [2.24, 2.45) is 5.10 Å². The molecule has 1 heterocycles. The van der Waals surface area contributed by atoms with Gasteiger partial charge in [-0.1, -0.05) is 0 Å². The molecule has 1 N–H and O–H groups in total. The number of carbonyl (C=O) groups excluding carboxylic acids is 2. The monoisotopic (exact) mass is 370 g/mol. The van der Waals surface area contributed by atoms with Crippen molar-refractivity contribution in [3.05, 3.63) is 68.5 Å². The van der Waals surface area contributed by atoms with Crippen molar-refractivity contribution in [2.45, 2.75) is 20.8 Å². The summed E-state index contributed by atoms with van der Waals surface area (Å²) in [6.45, 7) is 5.22. The summed E-state index contributed by atoms with van der Waals surface area (Å²) < 4.78 is 4.96. The van der Waals surface area contributed by atoms with E-state index in [0.717, 1.165) is 0 Å². The summed E-state index contributed by atoms with van der Waals surface area (Å²) in [5.74, 6) is -1.09. The van der Waals surface area contributed by atoms with Crippen LogP contribution >= 0.6 is 0 Å². The van der Waals surface area contributed by atoms with Crippen LogP contribution in [0.2, 0.25) is 0 Å². The largest absolute Gasteiger partial charge is 0.462 e. The van der Waals surface area contributed by atoms with Gasteiger partial charge in [0.05, 0.1) is 40.3 Å². The van der Waals surface area contributed by atoms with Gasteiger partial charge in [-0.2, -0.15) is 5.10 Å². The molecule has 2 aromatic rings. The summed E-state index contributed by atoms with van der Waals surface area (Å²) in [5.41, 5.74) is 4.22. The number of hydrogen-bond acceptors (Lipinski definition) is 7. The van der Waals surface area contributed by atoms with Crippen LogP contribution in [-0.4, -0.2) is 34.6 Å². The molecule has 140 valence electrons. The van der Waals surface area contributed by atoms with E-state index in [9.17, 15) is 19.7 Å². The fourth-order valence-electron chi connectivity index (χ4n) is 2.28. The number of aromatic nitrogens is 1. The zero-order chi connectivity index (χ0) is 20.0. The van der Waals surface area contributed by atoms with Gasteiger partial charge in [0.25, 0.3) is 11.6 Å². The molecule has 0 bridgehead atoms. The summed E-state index contributed by atoms with van der Waals surface area (Å²) in [5, 5.41) is 14.4. The number of amides is 1. The van der Waals surface area contributed by atoms with Crippen LogP contribution in [0.5, 0.6) is 0 Å². The quantitative estimate of drug-likeness (QED) is 0.361. The highest BCUT2D eigenvalue weighted by molar-refractivity contribution is 5.99. The number of benzene rings is 1. The number of rotatable bonds is 6. The third-order valence-electron chi connectivity index (χ3n) is 3.63. The van der Waals surface area contributed by atoms with E-state index in [2.05, 4.69) is 15.5 Å². The number of non-ortho nitro benzene ring substituents is 1. The zero-order valence-electron chi connectivity index (χ0n) is 15.1. The van der Waals surface area contributed by atoms with Gasteiger partial charge < -0.3 is 4.74 Å². The van der Waals surface area contributed by atoms with E-state index in [1.807, 2.05) is 0 Å². The van der Waals surface area contributed by atoms with Gasteiger partial charge in [-0.15, -0.1) is 0 Å². The Morgan fingerprint density at radius 1 is 1.22 bits per heavy atom. The number of nitro benzene ring substituents is 1. The minimum Gasteiger partial charge on any atom is -0.462 e. The van der Waals surface area contributed by atoms with E-state index in [0.29, 0.717) is 17.0 Å². The molecule has 0 saturated heterocycles. The predicted molar refractivity (Wildman–Crippen MR) is 97.8 cm³/mol. The lowest BCUT2D eigenvalue weighted by molar-refractivity contribution is -0.384. The van der Waals surface area contributed by atoms with Gasteiger partial charge in [0.2, 0.25) is 0 Å². The smallest absolute Gasteiger partial charge is 0.339 e. The number of nitrogens with one attached hydrogen (secondary N) is 1. The summed E-state index contributed by atoms with van der Waals surface area (Å²) >= 11 is 0. The van der Waals surface area contributed by atoms with Crippen molar-refractivity contribution >= 4 is 23.8 Å². The summed E-state index contributed by atoms with van der Waals surface area (Å²) in [6, 6.07) is 7.11. The lowest BCUT2D eigenvalue weighted by Crippen LogP contribution is -2.21. The van der Waals surface area contributed by atoms with Crippen molar-refractivity contribution in [3.8, 4) is 0 Å². The Bertz CT molecular complexity index is 907. The molecule has 27 heavy (non-hydrogen) atoms.